The molecule has 1 saturated heterocycles. The molecule has 1 fully saturated rings. The molecule has 5 rings (SSSR count). The van der Waals surface area contributed by atoms with Gasteiger partial charge in [0.05, 0.1) is 18.4 Å². The Morgan fingerprint density at radius 3 is 2.38 bits per heavy atom. The number of esters is 1. The number of methoxy groups -OCH3 is 1. The molecule has 0 saturated carbocycles. The van der Waals surface area contributed by atoms with E-state index in [9.17, 15) is 19.5 Å². The van der Waals surface area contributed by atoms with Crippen LogP contribution >= 0.6 is 0 Å². The summed E-state index contributed by atoms with van der Waals surface area (Å²) in [5.41, 5.74) is 4.19. The highest BCUT2D eigenvalue weighted by Crippen LogP contribution is 2.28. The molecule has 1 aliphatic rings. The number of aromatic hydroxyl groups is 1. The molecule has 0 spiro atoms. The molecule has 0 atom stereocenters. The van der Waals surface area contributed by atoms with E-state index in [0.29, 0.717) is 24.4 Å². The Morgan fingerprint density at radius 1 is 0.950 bits per heavy atom. The number of anilines is 2. The van der Waals surface area contributed by atoms with Crippen LogP contribution in [0.1, 0.15) is 26.5 Å². The molecule has 206 valence electrons. The minimum atomic E-state index is -0.589. The van der Waals surface area contributed by atoms with Gasteiger partial charge in [0.2, 0.25) is 0 Å². The number of aromatic nitrogens is 2. The van der Waals surface area contributed by atoms with Crippen molar-refractivity contribution in [3.8, 4) is 16.9 Å². The molecule has 1 aliphatic heterocycles. The number of aryl methyl sites for hydroxylation is 1. The zero-order valence-electron chi connectivity index (χ0n) is 22.5. The van der Waals surface area contributed by atoms with Gasteiger partial charge in [-0.3, -0.25) is 4.79 Å². The zero-order valence-corrected chi connectivity index (χ0v) is 22.5. The number of imidazole rings is 1. The van der Waals surface area contributed by atoms with Crippen LogP contribution in [-0.4, -0.2) is 82.5 Å². The maximum absolute atomic E-state index is 13.1. The second-order valence-electron chi connectivity index (χ2n) is 9.68. The van der Waals surface area contributed by atoms with Crippen molar-refractivity contribution in [3.63, 3.8) is 0 Å². The Labute approximate surface area is 231 Å². The first-order valence-corrected chi connectivity index (χ1v) is 12.8. The number of rotatable bonds is 5. The minimum absolute atomic E-state index is 0.0658. The van der Waals surface area contributed by atoms with Crippen LogP contribution in [0, 0.1) is 6.92 Å². The SMILES string of the molecule is COC(=O)c1ccc(O)c(NC(=O)c2cn3c(C)ccc(-c4ccc(NC(=O)N5CCN(C)CC5)cc4)c3n2)c1. The quantitative estimate of drug-likeness (QED) is 0.258. The van der Waals surface area contributed by atoms with Crippen LogP contribution in [0.5, 0.6) is 5.75 Å². The maximum Gasteiger partial charge on any atom is 0.337 e. The van der Waals surface area contributed by atoms with E-state index in [1.807, 2.05) is 54.8 Å². The highest BCUT2D eigenvalue weighted by Gasteiger charge is 2.20. The summed E-state index contributed by atoms with van der Waals surface area (Å²) in [6, 6.07) is 15.3. The van der Waals surface area contributed by atoms with Crippen molar-refractivity contribution >= 4 is 34.9 Å². The summed E-state index contributed by atoms with van der Waals surface area (Å²) in [4.78, 5) is 46.2. The fraction of sp³-hybridized carbons (Fsp3) is 0.241. The van der Waals surface area contributed by atoms with Crippen LogP contribution in [0.15, 0.2) is 60.8 Å². The number of piperazine rings is 1. The standard InChI is InChI=1S/C29H30N6O5/c1-18-4-10-22(19-5-8-21(9-6-19)30-29(39)34-14-12-33(2)13-15-34)26-31-24(17-35(18)26)27(37)32-23-16-20(28(38)40-3)7-11-25(23)36/h4-11,16-17,36H,12-15H2,1-3H3,(H,30,39)(H,32,37). The predicted octanol–water partition coefficient (Wildman–Crippen LogP) is 3.83. The van der Waals surface area contributed by atoms with Crippen LogP contribution in [0.4, 0.5) is 16.2 Å². The summed E-state index contributed by atoms with van der Waals surface area (Å²) in [5, 5.41) is 15.8. The number of nitrogens with one attached hydrogen (secondary N) is 2. The lowest BCUT2D eigenvalue weighted by Crippen LogP contribution is -2.48. The van der Waals surface area contributed by atoms with Gasteiger partial charge in [-0.25, -0.2) is 14.6 Å². The number of hydrogen-bond acceptors (Lipinski definition) is 7. The second-order valence-corrected chi connectivity index (χ2v) is 9.68. The lowest BCUT2D eigenvalue weighted by Gasteiger charge is -2.32. The van der Waals surface area contributed by atoms with Gasteiger partial charge in [0.1, 0.15) is 17.1 Å². The first-order chi connectivity index (χ1) is 19.2. The van der Waals surface area contributed by atoms with Gasteiger partial charge in [0.25, 0.3) is 5.91 Å². The smallest absolute Gasteiger partial charge is 0.337 e. The number of urea groups is 1. The number of benzene rings is 2. The maximum atomic E-state index is 13.1. The van der Waals surface area contributed by atoms with E-state index < -0.39 is 11.9 Å². The van der Waals surface area contributed by atoms with E-state index in [1.165, 1.54) is 25.3 Å². The molecule has 11 heteroatoms. The molecule has 0 bridgehead atoms. The van der Waals surface area contributed by atoms with Crippen LogP contribution in [-0.2, 0) is 4.74 Å². The molecule has 2 aromatic heterocycles. The van der Waals surface area contributed by atoms with E-state index in [4.69, 9.17) is 4.74 Å². The highest BCUT2D eigenvalue weighted by atomic mass is 16.5. The molecular formula is C29H30N6O5. The number of amides is 3. The third-order valence-corrected chi connectivity index (χ3v) is 6.95. The molecule has 3 N–H and O–H groups in total. The molecule has 3 amide bonds. The predicted molar refractivity (Wildman–Crippen MR) is 151 cm³/mol. The number of ether oxygens (including phenoxy) is 1. The number of phenols is 1. The van der Waals surface area contributed by atoms with Gasteiger partial charge in [-0.15, -0.1) is 0 Å². The second kappa shape index (κ2) is 11.1. The largest absolute Gasteiger partial charge is 0.506 e. The van der Waals surface area contributed by atoms with Crippen molar-refractivity contribution in [1.82, 2.24) is 19.2 Å². The number of fused-ring (bicyclic) bond motifs is 1. The molecule has 3 heterocycles. The third-order valence-electron chi connectivity index (χ3n) is 6.95. The topological polar surface area (TPSA) is 129 Å². The number of hydrogen-bond donors (Lipinski definition) is 3. The lowest BCUT2D eigenvalue weighted by atomic mass is 10.1. The Balaban J connectivity index is 1.36. The first kappa shape index (κ1) is 26.7. The number of likely N-dealkylation sites (N-methyl/N-ethyl adjacent to an activating group) is 1. The van der Waals surface area contributed by atoms with E-state index >= 15 is 0 Å². The molecule has 0 aliphatic carbocycles. The Kier molecular flexibility index (Phi) is 7.39. The lowest BCUT2D eigenvalue weighted by molar-refractivity contribution is 0.0600. The molecule has 0 radical (unpaired) electrons. The van der Waals surface area contributed by atoms with Crippen molar-refractivity contribution in [3.05, 3.63) is 77.7 Å². The Hall–Kier alpha value is -4.90. The summed E-state index contributed by atoms with van der Waals surface area (Å²) in [6.45, 7) is 4.98. The molecule has 4 aromatic rings. The summed E-state index contributed by atoms with van der Waals surface area (Å²) < 4.78 is 6.53. The Morgan fingerprint density at radius 2 is 1.68 bits per heavy atom. The van der Waals surface area contributed by atoms with Crippen molar-refractivity contribution in [2.45, 2.75) is 6.92 Å². The molecular weight excluding hydrogens is 512 g/mol. The third kappa shape index (κ3) is 5.45. The van der Waals surface area contributed by atoms with Gasteiger partial charge >= 0.3 is 12.0 Å². The van der Waals surface area contributed by atoms with Crippen molar-refractivity contribution in [2.24, 2.45) is 0 Å². The fourth-order valence-electron chi connectivity index (χ4n) is 4.55. The monoisotopic (exact) mass is 542 g/mol. The van der Waals surface area contributed by atoms with E-state index in [1.54, 1.807) is 11.1 Å². The number of phenolic OH excluding ortho intramolecular Hbond substituents is 1. The normalized spacial score (nSPS) is 13.7. The van der Waals surface area contributed by atoms with E-state index in [2.05, 4.69) is 20.5 Å². The average molecular weight is 543 g/mol. The van der Waals surface area contributed by atoms with Crippen molar-refractivity contribution in [1.29, 1.82) is 0 Å². The number of carbonyl (C=O) groups is 3. The summed E-state index contributed by atoms with van der Waals surface area (Å²) in [5.74, 6) is -1.33. The molecule has 40 heavy (non-hydrogen) atoms. The number of nitrogens with zero attached hydrogens (tertiary/aromatic N) is 4. The molecule has 11 nitrogen and oxygen atoms in total. The minimum Gasteiger partial charge on any atom is -0.506 e. The van der Waals surface area contributed by atoms with E-state index in [-0.39, 0.29) is 28.7 Å². The zero-order chi connectivity index (χ0) is 28.4. The van der Waals surface area contributed by atoms with Crippen LogP contribution in [0.25, 0.3) is 16.8 Å². The van der Waals surface area contributed by atoms with Crippen LogP contribution < -0.4 is 10.6 Å². The fourth-order valence-corrected chi connectivity index (χ4v) is 4.55. The number of pyridine rings is 1. The summed E-state index contributed by atoms with van der Waals surface area (Å²) >= 11 is 0. The Bertz CT molecular complexity index is 1590. The molecule has 0 unspecified atom stereocenters. The van der Waals surface area contributed by atoms with Gasteiger partial charge in [-0.1, -0.05) is 12.1 Å². The van der Waals surface area contributed by atoms with Gasteiger partial charge < -0.3 is 34.7 Å². The first-order valence-electron chi connectivity index (χ1n) is 12.8. The van der Waals surface area contributed by atoms with Gasteiger partial charge in [-0.2, -0.15) is 0 Å². The van der Waals surface area contributed by atoms with Gasteiger partial charge in [0.15, 0.2) is 0 Å². The van der Waals surface area contributed by atoms with Crippen molar-refractivity contribution in [2.75, 3.05) is 51.0 Å². The van der Waals surface area contributed by atoms with Gasteiger partial charge in [-0.05, 0) is 62.0 Å². The average Bonchev–Trinajstić information content (AvgIpc) is 3.42. The summed E-state index contributed by atoms with van der Waals surface area (Å²) in [7, 11) is 3.30. The van der Waals surface area contributed by atoms with Crippen molar-refractivity contribution < 1.29 is 24.2 Å². The molecule has 2 aromatic carbocycles. The van der Waals surface area contributed by atoms with Crippen LogP contribution in [0.3, 0.4) is 0 Å². The van der Waals surface area contributed by atoms with Crippen LogP contribution in [0.2, 0.25) is 0 Å². The highest BCUT2D eigenvalue weighted by molar-refractivity contribution is 6.05. The van der Waals surface area contributed by atoms with Gasteiger partial charge in [0, 0.05) is 49.3 Å². The van der Waals surface area contributed by atoms with E-state index in [0.717, 1.165) is 29.9 Å². The summed E-state index contributed by atoms with van der Waals surface area (Å²) in [6.07, 6.45) is 1.62. The number of carbonyl (C=O) groups excluding carboxylic acids is 3.